The van der Waals surface area contributed by atoms with Crippen molar-refractivity contribution in [2.24, 2.45) is 0 Å². The van der Waals surface area contributed by atoms with Crippen LogP contribution < -0.4 is 4.74 Å². The highest BCUT2D eigenvalue weighted by Crippen LogP contribution is 2.53. The summed E-state index contributed by atoms with van der Waals surface area (Å²) in [6.07, 6.45) is 4.71. The van der Waals surface area contributed by atoms with E-state index in [4.69, 9.17) is 4.74 Å². The van der Waals surface area contributed by atoms with Crippen molar-refractivity contribution in [1.29, 1.82) is 0 Å². The third-order valence-corrected chi connectivity index (χ3v) is 7.70. The largest absolute Gasteiger partial charge is 0.494 e. The quantitative estimate of drug-likeness (QED) is 0.679. The number of thioether (sulfide) groups is 1. The average Bonchev–Trinajstić information content (AvgIpc) is 3.53. The molecule has 1 fully saturated rings. The molecule has 1 N–H and O–H groups in total. The summed E-state index contributed by atoms with van der Waals surface area (Å²) in [5.74, 6) is 3.80. The normalized spacial score (nSPS) is 22.2. The van der Waals surface area contributed by atoms with Crippen molar-refractivity contribution in [2.45, 2.75) is 42.9 Å². The smallest absolute Gasteiger partial charge is 0.145 e. The van der Waals surface area contributed by atoms with Gasteiger partial charge >= 0.3 is 0 Å². The Labute approximate surface area is 180 Å². The van der Waals surface area contributed by atoms with Crippen LogP contribution in [0, 0.1) is 0 Å². The fourth-order valence-electron chi connectivity index (χ4n) is 4.41. The maximum Gasteiger partial charge on any atom is 0.145 e. The molecule has 1 aliphatic carbocycles. The van der Waals surface area contributed by atoms with Crippen LogP contribution in [0.5, 0.6) is 5.75 Å². The van der Waals surface area contributed by atoms with Crippen LogP contribution in [-0.2, 0) is 18.4 Å². The van der Waals surface area contributed by atoms with Crippen LogP contribution in [0.25, 0.3) is 11.3 Å². The second kappa shape index (κ2) is 7.39. The van der Waals surface area contributed by atoms with Crippen molar-refractivity contribution in [3.8, 4) is 17.0 Å². The Morgan fingerprint density at radius 1 is 1.17 bits per heavy atom. The Bertz CT molecular complexity index is 1060. The lowest BCUT2D eigenvalue weighted by atomic mass is 9.93. The number of methoxy groups -OCH3 is 1. The summed E-state index contributed by atoms with van der Waals surface area (Å²) in [5.41, 5.74) is 3.12. The fraction of sp³-hybridized carbons (Fsp3) is 0.435. The predicted molar refractivity (Wildman–Crippen MR) is 118 cm³/mol. The molecule has 1 saturated carbocycles. The summed E-state index contributed by atoms with van der Waals surface area (Å²) in [5, 5.41) is 19.0. The Kier molecular flexibility index (Phi) is 4.82. The first-order valence-electron chi connectivity index (χ1n) is 10.4. The van der Waals surface area contributed by atoms with Gasteiger partial charge in [-0.05, 0) is 37.5 Å². The van der Waals surface area contributed by atoms with Gasteiger partial charge in [0.2, 0.25) is 0 Å². The molecule has 2 aromatic heterocycles. The van der Waals surface area contributed by atoms with E-state index in [1.54, 1.807) is 13.3 Å². The van der Waals surface area contributed by atoms with Gasteiger partial charge in [0.25, 0.3) is 0 Å². The molecule has 3 aromatic rings. The molecule has 2 aliphatic rings. The first-order valence-corrected chi connectivity index (χ1v) is 11.3. The van der Waals surface area contributed by atoms with E-state index in [-0.39, 0.29) is 16.8 Å². The van der Waals surface area contributed by atoms with Gasteiger partial charge in [-0.2, -0.15) is 11.8 Å². The standard InChI is InChI=1S/C23H26N4O2S/c1-22(15-28)14-19-25-26-21(27(19)12-13-30-22)23(9-10-23)17-7-5-16(6-8-17)20-18(29-2)4-3-11-24-20/h3-8,11,28H,9-10,12-15H2,1-2H3. The van der Waals surface area contributed by atoms with Gasteiger partial charge in [-0.15, -0.1) is 10.2 Å². The minimum Gasteiger partial charge on any atom is -0.494 e. The van der Waals surface area contributed by atoms with Gasteiger partial charge in [-0.3, -0.25) is 4.98 Å². The fourth-order valence-corrected chi connectivity index (χ4v) is 5.50. The summed E-state index contributed by atoms with van der Waals surface area (Å²) >= 11 is 1.83. The van der Waals surface area contributed by atoms with E-state index in [9.17, 15) is 5.11 Å². The third-order valence-electron chi connectivity index (χ3n) is 6.34. The van der Waals surface area contributed by atoms with E-state index in [2.05, 4.69) is 50.9 Å². The van der Waals surface area contributed by atoms with Crippen molar-refractivity contribution in [1.82, 2.24) is 19.7 Å². The van der Waals surface area contributed by atoms with Gasteiger partial charge in [-0.25, -0.2) is 0 Å². The summed E-state index contributed by atoms with van der Waals surface area (Å²) in [4.78, 5) is 4.49. The molecule has 30 heavy (non-hydrogen) atoms. The topological polar surface area (TPSA) is 73.1 Å². The molecule has 156 valence electrons. The number of pyridine rings is 1. The van der Waals surface area contributed by atoms with Gasteiger partial charge in [0.05, 0.1) is 19.1 Å². The molecule has 6 nitrogen and oxygen atoms in total. The lowest BCUT2D eigenvalue weighted by molar-refractivity contribution is 0.254. The van der Waals surface area contributed by atoms with E-state index in [0.29, 0.717) is 0 Å². The maximum absolute atomic E-state index is 9.82. The molecule has 7 heteroatoms. The molecular weight excluding hydrogens is 396 g/mol. The Morgan fingerprint density at radius 2 is 1.97 bits per heavy atom. The van der Waals surface area contributed by atoms with E-state index in [0.717, 1.165) is 60.2 Å². The van der Waals surface area contributed by atoms with Crippen molar-refractivity contribution >= 4 is 11.8 Å². The molecular formula is C23H26N4O2S. The number of ether oxygens (including phenoxy) is 1. The molecule has 1 unspecified atom stereocenters. The summed E-state index contributed by atoms with van der Waals surface area (Å²) in [7, 11) is 1.67. The zero-order chi connectivity index (χ0) is 20.8. The van der Waals surface area contributed by atoms with Crippen molar-refractivity contribution < 1.29 is 9.84 Å². The molecule has 0 saturated heterocycles. The minimum atomic E-state index is -0.182. The number of benzene rings is 1. The summed E-state index contributed by atoms with van der Waals surface area (Å²) in [6.45, 7) is 3.16. The van der Waals surface area contributed by atoms with Gasteiger partial charge in [0.1, 0.15) is 23.1 Å². The molecule has 0 amide bonds. The molecule has 0 bridgehead atoms. The number of hydrogen-bond donors (Lipinski definition) is 1. The molecule has 1 atom stereocenters. The number of aromatic nitrogens is 4. The molecule has 5 rings (SSSR count). The number of aliphatic hydroxyl groups is 1. The molecule has 0 radical (unpaired) electrons. The summed E-state index contributed by atoms with van der Waals surface area (Å²) < 4.78 is 7.59. The van der Waals surface area contributed by atoms with E-state index < -0.39 is 0 Å². The van der Waals surface area contributed by atoms with Crippen LogP contribution in [0.1, 0.15) is 37.0 Å². The van der Waals surface area contributed by atoms with Crippen molar-refractivity contribution in [2.75, 3.05) is 19.5 Å². The lowest BCUT2D eigenvalue weighted by Crippen LogP contribution is -2.28. The zero-order valence-electron chi connectivity index (χ0n) is 17.3. The second-order valence-corrected chi connectivity index (χ2v) is 10.1. The van der Waals surface area contributed by atoms with Crippen LogP contribution in [0.2, 0.25) is 0 Å². The highest BCUT2D eigenvalue weighted by atomic mass is 32.2. The number of fused-ring (bicyclic) bond motifs is 1. The van der Waals surface area contributed by atoms with Gasteiger partial charge in [0.15, 0.2) is 0 Å². The zero-order valence-corrected chi connectivity index (χ0v) is 18.2. The van der Waals surface area contributed by atoms with Crippen LogP contribution >= 0.6 is 11.8 Å². The van der Waals surface area contributed by atoms with Gasteiger partial charge in [-0.1, -0.05) is 24.3 Å². The SMILES string of the molecule is COc1cccnc1-c1ccc(C2(c3nnc4n3CCSC(C)(CO)C4)CC2)cc1. The highest BCUT2D eigenvalue weighted by molar-refractivity contribution is 8.00. The molecule has 3 heterocycles. The molecule has 1 aliphatic heterocycles. The number of nitrogens with zero attached hydrogens (tertiary/aromatic N) is 4. The van der Waals surface area contributed by atoms with E-state index in [1.807, 2.05) is 23.9 Å². The Balaban J connectivity index is 1.48. The number of hydrogen-bond acceptors (Lipinski definition) is 6. The van der Waals surface area contributed by atoms with Crippen LogP contribution in [0.15, 0.2) is 42.6 Å². The third kappa shape index (κ3) is 3.20. The molecule has 0 spiro atoms. The minimum absolute atomic E-state index is 0.0530. The van der Waals surface area contributed by atoms with Gasteiger partial charge < -0.3 is 14.4 Å². The first kappa shape index (κ1) is 19.6. The lowest BCUT2D eigenvalue weighted by Gasteiger charge is -2.23. The van der Waals surface area contributed by atoms with Crippen LogP contribution in [0.4, 0.5) is 0 Å². The monoisotopic (exact) mass is 422 g/mol. The van der Waals surface area contributed by atoms with Crippen LogP contribution in [-0.4, -0.2) is 49.1 Å². The van der Waals surface area contributed by atoms with Crippen molar-refractivity contribution in [3.63, 3.8) is 0 Å². The second-order valence-electron chi connectivity index (χ2n) is 8.44. The Morgan fingerprint density at radius 3 is 2.67 bits per heavy atom. The highest BCUT2D eigenvalue weighted by Gasteiger charge is 2.50. The Hall–Kier alpha value is -2.38. The average molecular weight is 423 g/mol. The van der Waals surface area contributed by atoms with Crippen molar-refractivity contribution in [3.05, 3.63) is 59.8 Å². The number of rotatable bonds is 5. The number of aliphatic hydroxyl groups excluding tert-OH is 1. The van der Waals surface area contributed by atoms with Crippen LogP contribution in [0.3, 0.4) is 0 Å². The summed E-state index contributed by atoms with van der Waals surface area (Å²) in [6, 6.07) is 12.5. The van der Waals surface area contributed by atoms with E-state index in [1.165, 1.54) is 5.56 Å². The predicted octanol–water partition coefficient (Wildman–Crippen LogP) is 3.47. The maximum atomic E-state index is 9.82. The van der Waals surface area contributed by atoms with Gasteiger partial charge in [0, 0.05) is 35.2 Å². The first-order chi connectivity index (χ1) is 14.6. The van der Waals surface area contributed by atoms with E-state index >= 15 is 0 Å². The molecule has 1 aromatic carbocycles.